The van der Waals surface area contributed by atoms with E-state index in [0.29, 0.717) is 5.56 Å². The van der Waals surface area contributed by atoms with E-state index in [9.17, 15) is 27.6 Å². The molecule has 0 saturated carbocycles. The molecule has 6 nitrogen and oxygen atoms in total. The summed E-state index contributed by atoms with van der Waals surface area (Å²) in [5, 5.41) is 0. The Kier molecular flexibility index (Phi) is 10.9. The minimum Gasteiger partial charge on any atom is -0.460 e. The van der Waals surface area contributed by atoms with Crippen LogP contribution in [0.3, 0.4) is 0 Å². The minimum absolute atomic E-state index is 0.0110. The van der Waals surface area contributed by atoms with Crippen molar-refractivity contribution in [2.45, 2.75) is 73.1 Å². The molecule has 0 spiro atoms. The van der Waals surface area contributed by atoms with Crippen LogP contribution in [0.25, 0.3) is 6.08 Å². The summed E-state index contributed by atoms with van der Waals surface area (Å²) in [6.45, 7) is 11.5. The Morgan fingerprint density at radius 1 is 1.00 bits per heavy atom. The topological polar surface area (TPSA) is 98.5 Å². The maximum absolute atomic E-state index is 14.2. The van der Waals surface area contributed by atoms with Gasteiger partial charge in [-0.1, -0.05) is 70.2 Å². The van der Waals surface area contributed by atoms with E-state index in [1.165, 1.54) is 6.08 Å². The summed E-state index contributed by atoms with van der Waals surface area (Å²) in [6.07, 6.45) is -3.10. The van der Waals surface area contributed by atoms with Gasteiger partial charge in [-0.25, -0.2) is 5.84 Å². The molecule has 0 fully saturated rings. The number of amides is 1. The maximum Gasteiger partial charge on any atom is 0.450 e. The van der Waals surface area contributed by atoms with Crippen LogP contribution in [-0.4, -0.2) is 29.4 Å². The number of esters is 1. The minimum atomic E-state index is -5.28. The lowest BCUT2D eigenvalue weighted by atomic mass is 9.61. The standard InChI is InChI=1S/C27H39F3N2O4/c1-17(2)15-20(22(33)32-31)21(23(34)36-25(5,6)7)26(16-18(3)4,24(35)27(28,29)30)14-13-19-11-9-8-10-12-19/h8-14,17-18,20-21H,15-16,31H2,1-7H3,(H,32,33)/b14-13+/t20-,21-,26?/m1/s1. The van der Waals surface area contributed by atoms with Crippen LogP contribution in [0.5, 0.6) is 0 Å². The van der Waals surface area contributed by atoms with E-state index < -0.39 is 52.6 Å². The second-order valence-corrected chi connectivity index (χ2v) is 11.0. The fraction of sp³-hybridized carbons (Fsp3) is 0.593. The Morgan fingerprint density at radius 3 is 1.97 bits per heavy atom. The third-order valence-corrected chi connectivity index (χ3v) is 5.62. The molecule has 0 bridgehead atoms. The molecule has 1 unspecified atom stereocenters. The van der Waals surface area contributed by atoms with Gasteiger partial charge < -0.3 is 4.74 Å². The zero-order valence-electron chi connectivity index (χ0n) is 22.1. The van der Waals surface area contributed by atoms with Gasteiger partial charge in [-0.05, 0) is 51.0 Å². The van der Waals surface area contributed by atoms with Crippen LogP contribution >= 0.6 is 0 Å². The number of hydrazine groups is 1. The lowest BCUT2D eigenvalue weighted by Gasteiger charge is -2.42. The zero-order valence-corrected chi connectivity index (χ0v) is 22.1. The molecule has 0 aliphatic rings. The summed E-state index contributed by atoms with van der Waals surface area (Å²) >= 11 is 0. The molecule has 36 heavy (non-hydrogen) atoms. The zero-order chi connectivity index (χ0) is 27.9. The van der Waals surface area contributed by atoms with E-state index >= 15 is 0 Å². The molecule has 1 amide bonds. The van der Waals surface area contributed by atoms with E-state index in [-0.39, 0.29) is 18.8 Å². The van der Waals surface area contributed by atoms with E-state index in [2.05, 4.69) is 0 Å². The molecule has 0 radical (unpaired) electrons. The summed E-state index contributed by atoms with van der Waals surface area (Å²) in [6, 6.07) is 8.46. The number of carbonyl (C=O) groups is 3. The molecule has 1 aromatic rings. The summed E-state index contributed by atoms with van der Waals surface area (Å²) in [5.74, 6) is -2.37. The van der Waals surface area contributed by atoms with Gasteiger partial charge >= 0.3 is 12.1 Å². The molecule has 1 aromatic carbocycles. The third kappa shape index (κ3) is 8.76. The van der Waals surface area contributed by atoms with Gasteiger partial charge in [0.25, 0.3) is 0 Å². The molecule has 9 heteroatoms. The predicted molar refractivity (Wildman–Crippen MR) is 133 cm³/mol. The quantitative estimate of drug-likeness (QED) is 0.177. The molecule has 0 saturated heterocycles. The Morgan fingerprint density at radius 2 is 1.56 bits per heavy atom. The van der Waals surface area contributed by atoms with Crippen molar-refractivity contribution in [1.29, 1.82) is 0 Å². The van der Waals surface area contributed by atoms with Gasteiger partial charge in [-0.3, -0.25) is 19.8 Å². The van der Waals surface area contributed by atoms with Crippen molar-refractivity contribution in [1.82, 2.24) is 5.43 Å². The van der Waals surface area contributed by atoms with Crippen molar-refractivity contribution in [3.05, 3.63) is 42.0 Å². The second kappa shape index (κ2) is 12.5. The van der Waals surface area contributed by atoms with Crippen LogP contribution < -0.4 is 11.3 Å². The van der Waals surface area contributed by atoms with E-state index in [0.717, 1.165) is 6.08 Å². The monoisotopic (exact) mass is 512 g/mol. The molecular formula is C27H39F3N2O4. The molecule has 0 heterocycles. The number of nitrogens with two attached hydrogens (primary N) is 1. The van der Waals surface area contributed by atoms with Crippen LogP contribution in [0.15, 0.2) is 36.4 Å². The average molecular weight is 513 g/mol. The van der Waals surface area contributed by atoms with Crippen LogP contribution in [0.2, 0.25) is 0 Å². The number of ether oxygens (including phenoxy) is 1. The average Bonchev–Trinajstić information content (AvgIpc) is 2.74. The lowest BCUT2D eigenvalue weighted by molar-refractivity contribution is -0.191. The van der Waals surface area contributed by atoms with Gasteiger partial charge in [-0.15, -0.1) is 0 Å². The van der Waals surface area contributed by atoms with Crippen molar-refractivity contribution in [3.63, 3.8) is 0 Å². The van der Waals surface area contributed by atoms with Crippen molar-refractivity contribution in [2.24, 2.45) is 34.9 Å². The summed E-state index contributed by atoms with van der Waals surface area (Å²) in [4.78, 5) is 40.0. The van der Waals surface area contributed by atoms with Crippen molar-refractivity contribution >= 4 is 23.7 Å². The SMILES string of the molecule is CC(C)C[C@@H](C(=O)NN)[C@H](C(=O)OC(C)(C)C)C(/C=C/c1ccccc1)(CC(C)C)C(=O)C(F)(F)F. The highest BCUT2D eigenvalue weighted by molar-refractivity contribution is 5.98. The third-order valence-electron chi connectivity index (χ3n) is 5.62. The Bertz CT molecular complexity index is 921. The highest BCUT2D eigenvalue weighted by Gasteiger charge is 2.60. The number of hydrogen-bond acceptors (Lipinski definition) is 5. The molecule has 3 atom stereocenters. The van der Waals surface area contributed by atoms with E-state index in [4.69, 9.17) is 10.6 Å². The van der Waals surface area contributed by atoms with Crippen LogP contribution in [0, 0.1) is 29.1 Å². The molecule has 3 N–H and O–H groups in total. The summed E-state index contributed by atoms with van der Waals surface area (Å²) < 4.78 is 48.2. The first kappa shape index (κ1) is 31.4. The number of benzene rings is 1. The molecule has 0 aliphatic heterocycles. The summed E-state index contributed by atoms with van der Waals surface area (Å²) in [5.41, 5.74) is -0.982. The molecule has 202 valence electrons. The highest BCUT2D eigenvalue weighted by Crippen LogP contribution is 2.48. The van der Waals surface area contributed by atoms with Crippen LogP contribution in [0.4, 0.5) is 13.2 Å². The number of rotatable bonds is 11. The lowest BCUT2D eigenvalue weighted by Crippen LogP contribution is -2.55. The number of alkyl halides is 3. The number of Topliss-reactive ketones (excluding diaryl/α,β-unsaturated/α-hetero) is 1. The first-order valence-corrected chi connectivity index (χ1v) is 12.0. The number of allylic oxidation sites excluding steroid dienone is 1. The normalized spacial score (nSPS) is 16.0. The number of halogens is 3. The predicted octanol–water partition coefficient (Wildman–Crippen LogP) is 5.47. The van der Waals surface area contributed by atoms with Gasteiger partial charge in [-0.2, -0.15) is 13.2 Å². The first-order chi connectivity index (χ1) is 16.4. The molecule has 0 aromatic heterocycles. The molecule has 0 aliphatic carbocycles. The smallest absolute Gasteiger partial charge is 0.450 e. The second-order valence-electron chi connectivity index (χ2n) is 11.0. The fourth-order valence-corrected chi connectivity index (χ4v) is 4.47. The van der Waals surface area contributed by atoms with Crippen molar-refractivity contribution in [2.75, 3.05) is 0 Å². The van der Waals surface area contributed by atoms with Gasteiger partial charge in [0.05, 0.1) is 17.3 Å². The van der Waals surface area contributed by atoms with Gasteiger partial charge in [0, 0.05) is 0 Å². The number of nitrogens with one attached hydrogen (secondary N) is 1. The Balaban J connectivity index is 4.08. The van der Waals surface area contributed by atoms with Crippen LogP contribution in [0.1, 0.15) is 66.9 Å². The van der Waals surface area contributed by atoms with Crippen molar-refractivity contribution < 1.29 is 32.3 Å². The van der Waals surface area contributed by atoms with Crippen molar-refractivity contribution in [3.8, 4) is 0 Å². The number of ketones is 1. The highest BCUT2D eigenvalue weighted by atomic mass is 19.4. The summed E-state index contributed by atoms with van der Waals surface area (Å²) in [7, 11) is 0. The Hall–Kier alpha value is -2.68. The number of carbonyl (C=O) groups excluding carboxylic acids is 3. The van der Waals surface area contributed by atoms with Gasteiger partial charge in [0.15, 0.2) is 0 Å². The largest absolute Gasteiger partial charge is 0.460 e. The number of hydrogen-bond donors (Lipinski definition) is 2. The molecule has 1 rings (SSSR count). The van der Waals surface area contributed by atoms with E-state index in [1.54, 1.807) is 78.8 Å². The Labute approximate surface area is 211 Å². The molecular weight excluding hydrogens is 473 g/mol. The van der Waals surface area contributed by atoms with Crippen LogP contribution in [-0.2, 0) is 19.1 Å². The van der Waals surface area contributed by atoms with E-state index in [1.807, 2.05) is 5.43 Å². The van der Waals surface area contributed by atoms with Gasteiger partial charge in [0.2, 0.25) is 11.7 Å². The maximum atomic E-state index is 14.2. The fourth-order valence-electron chi connectivity index (χ4n) is 4.47. The first-order valence-electron chi connectivity index (χ1n) is 12.0. The van der Waals surface area contributed by atoms with Gasteiger partial charge in [0.1, 0.15) is 5.60 Å².